The van der Waals surface area contributed by atoms with Gasteiger partial charge in [0.15, 0.2) is 0 Å². The summed E-state index contributed by atoms with van der Waals surface area (Å²) in [6.07, 6.45) is 6.02. The monoisotopic (exact) mass is 447 g/mol. The standard InChI is InChI=1S/C25H26FN5O2/c26-19-6-1-4-17(12-19)13-23(32)31-10-3-7-22(31)24-28-21-8-11-30(16-20(21)25(33)29-24)15-18-5-2-9-27-14-18/h1-2,4-6,9,12,14,22H,3,7-8,10-11,13,15-16H2,(H,28,29,33)/t22-/m1/s1. The van der Waals surface area contributed by atoms with Gasteiger partial charge in [-0.25, -0.2) is 9.37 Å². The maximum atomic E-state index is 13.5. The number of carbonyl (C=O) groups excluding carboxylic acids is 1. The maximum absolute atomic E-state index is 13.5. The SMILES string of the molecule is O=C(Cc1cccc(F)c1)N1CCC[C@@H]1c1nc2c(c(=O)[nH]1)CN(Cc1cccnc1)CC2. The van der Waals surface area contributed by atoms with Gasteiger partial charge in [-0.15, -0.1) is 0 Å². The number of amides is 1. The zero-order chi connectivity index (χ0) is 22.8. The number of halogens is 1. The van der Waals surface area contributed by atoms with Crippen LogP contribution in [-0.2, 0) is 30.7 Å². The Hall–Kier alpha value is -3.39. The number of H-pyrrole nitrogens is 1. The molecular weight excluding hydrogens is 421 g/mol. The zero-order valence-corrected chi connectivity index (χ0v) is 18.3. The molecule has 7 nitrogen and oxygen atoms in total. The number of pyridine rings is 1. The van der Waals surface area contributed by atoms with E-state index in [-0.39, 0.29) is 29.7 Å². The van der Waals surface area contributed by atoms with Crippen molar-refractivity contribution in [2.24, 2.45) is 0 Å². The zero-order valence-electron chi connectivity index (χ0n) is 18.3. The molecule has 1 aromatic carbocycles. The molecule has 5 rings (SSSR count). The van der Waals surface area contributed by atoms with Crippen LogP contribution in [0.2, 0.25) is 0 Å². The van der Waals surface area contributed by atoms with Gasteiger partial charge in [0.2, 0.25) is 5.91 Å². The van der Waals surface area contributed by atoms with E-state index >= 15 is 0 Å². The normalized spacial score (nSPS) is 18.3. The molecule has 0 radical (unpaired) electrons. The number of aromatic nitrogens is 3. The van der Waals surface area contributed by atoms with Gasteiger partial charge in [0.05, 0.1) is 23.7 Å². The van der Waals surface area contributed by atoms with E-state index in [0.717, 1.165) is 37.2 Å². The Labute approximate surface area is 191 Å². The second-order valence-corrected chi connectivity index (χ2v) is 8.75. The first-order valence-electron chi connectivity index (χ1n) is 11.3. The average molecular weight is 448 g/mol. The summed E-state index contributed by atoms with van der Waals surface area (Å²) in [6, 6.07) is 9.81. The molecule has 1 saturated heterocycles. The lowest BCUT2D eigenvalue weighted by atomic mass is 10.1. The summed E-state index contributed by atoms with van der Waals surface area (Å²) in [5.41, 5.74) is 3.15. The molecule has 0 saturated carbocycles. The van der Waals surface area contributed by atoms with Crippen LogP contribution in [0.25, 0.3) is 0 Å². The fraction of sp³-hybridized carbons (Fsp3) is 0.360. The Bertz CT molecular complexity index is 1210. The molecule has 4 heterocycles. The molecule has 1 atom stereocenters. The van der Waals surface area contributed by atoms with Gasteiger partial charge < -0.3 is 9.88 Å². The number of benzene rings is 1. The quantitative estimate of drug-likeness (QED) is 0.651. The fourth-order valence-electron chi connectivity index (χ4n) is 4.82. The van der Waals surface area contributed by atoms with Crippen molar-refractivity contribution in [1.29, 1.82) is 0 Å². The third kappa shape index (κ3) is 4.71. The summed E-state index contributed by atoms with van der Waals surface area (Å²) >= 11 is 0. The van der Waals surface area contributed by atoms with Crippen LogP contribution in [0.15, 0.2) is 53.6 Å². The molecule has 1 fully saturated rings. The summed E-state index contributed by atoms with van der Waals surface area (Å²) < 4.78 is 13.5. The van der Waals surface area contributed by atoms with Crippen LogP contribution < -0.4 is 5.56 Å². The number of hydrogen-bond donors (Lipinski definition) is 1. The Morgan fingerprint density at radius 1 is 1.18 bits per heavy atom. The third-order valence-corrected chi connectivity index (χ3v) is 6.43. The van der Waals surface area contributed by atoms with Crippen LogP contribution in [-0.4, -0.2) is 43.7 Å². The van der Waals surface area contributed by atoms with E-state index < -0.39 is 0 Å². The highest BCUT2D eigenvalue weighted by atomic mass is 19.1. The third-order valence-electron chi connectivity index (χ3n) is 6.43. The van der Waals surface area contributed by atoms with Crippen LogP contribution in [0.5, 0.6) is 0 Å². The molecule has 1 N–H and O–H groups in total. The lowest BCUT2D eigenvalue weighted by molar-refractivity contribution is -0.131. The summed E-state index contributed by atoms with van der Waals surface area (Å²) in [5.74, 6) is 0.132. The molecule has 170 valence electrons. The number of aromatic amines is 1. The molecule has 2 aliphatic heterocycles. The van der Waals surface area contributed by atoms with Gasteiger partial charge in [-0.1, -0.05) is 18.2 Å². The van der Waals surface area contributed by atoms with Crippen molar-refractivity contribution in [2.45, 2.75) is 44.8 Å². The predicted octanol–water partition coefficient (Wildman–Crippen LogP) is 2.77. The lowest BCUT2D eigenvalue weighted by Crippen LogP contribution is -2.38. The fourth-order valence-corrected chi connectivity index (χ4v) is 4.82. The molecule has 33 heavy (non-hydrogen) atoms. The van der Waals surface area contributed by atoms with E-state index in [9.17, 15) is 14.0 Å². The molecule has 0 unspecified atom stereocenters. The highest BCUT2D eigenvalue weighted by Crippen LogP contribution is 2.31. The number of hydrogen-bond acceptors (Lipinski definition) is 5. The van der Waals surface area contributed by atoms with Crippen LogP contribution >= 0.6 is 0 Å². The Morgan fingerprint density at radius 2 is 2.06 bits per heavy atom. The summed E-state index contributed by atoms with van der Waals surface area (Å²) in [6.45, 7) is 2.70. The first-order chi connectivity index (χ1) is 16.1. The van der Waals surface area contributed by atoms with Gasteiger partial charge in [-0.05, 0) is 42.2 Å². The number of rotatable bonds is 5. The molecule has 2 aliphatic rings. The molecule has 1 amide bonds. The van der Waals surface area contributed by atoms with Crippen molar-refractivity contribution in [3.63, 3.8) is 0 Å². The van der Waals surface area contributed by atoms with Gasteiger partial charge in [-0.3, -0.25) is 19.5 Å². The maximum Gasteiger partial charge on any atom is 0.255 e. The summed E-state index contributed by atoms with van der Waals surface area (Å²) in [4.78, 5) is 41.9. The second-order valence-electron chi connectivity index (χ2n) is 8.75. The van der Waals surface area contributed by atoms with E-state index in [1.54, 1.807) is 23.2 Å². The second kappa shape index (κ2) is 9.23. The Balaban J connectivity index is 1.32. The van der Waals surface area contributed by atoms with Gasteiger partial charge in [0, 0.05) is 45.0 Å². The number of likely N-dealkylation sites (tertiary alicyclic amines) is 1. The van der Waals surface area contributed by atoms with Crippen LogP contribution in [0.4, 0.5) is 4.39 Å². The molecule has 3 aromatic rings. The molecule has 0 spiro atoms. The minimum atomic E-state index is -0.350. The van der Waals surface area contributed by atoms with Crippen LogP contribution in [0, 0.1) is 5.82 Å². The minimum Gasteiger partial charge on any atom is -0.332 e. The highest BCUT2D eigenvalue weighted by molar-refractivity contribution is 5.79. The molecule has 2 aromatic heterocycles. The van der Waals surface area contributed by atoms with Gasteiger partial charge in [0.1, 0.15) is 11.6 Å². The molecule has 8 heteroatoms. The molecular formula is C25H26FN5O2. The average Bonchev–Trinajstić information content (AvgIpc) is 3.30. The first kappa shape index (κ1) is 21.5. The molecule has 0 bridgehead atoms. The van der Waals surface area contributed by atoms with Crippen molar-refractivity contribution >= 4 is 5.91 Å². The summed E-state index contributed by atoms with van der Waals surface area (Å²) in [5, 5.41) is 0. The van der Waals surface area contributed by atoms with E-state index in [2.05, 4.69) is 14.9 Å². The van der Waals surface area contributed by atoms with Gasteiger partial charge >= 0.3 is 0 Å². The predicted molar refractivity (Wildman–Crippen MR) is 121 cm³/mol. The highest BCUT2D eigenvalue weighted by Gasteiger charge is 2.33. The topological polar surface area (TPSA) is 82.2 Å². The smallest absolute Gasteiger partial charge is 0.255 e. The Kier molecular flexibility index (Phi) is 6.00. The number of fused-ring (bicyclic) bond motifs is 1. The van der Waals surface area contributed by atoms with E-state index in [1.807, 2.05) is 18.3 Å². The Morgan fingerprint density at radius 3 is 2.88 bits per heavy atom. The summed E-state index contributed by atoms with van der Waals surface area (Å²) in [7, 11) is 0. The van der Waals surface area contributed by atoms with Gasteiger partial charge in [-0.2, -0.15) is 0 Å². The van der Waals surface area contributed by atoms with E-state index in [0.29, 0.717) is 36.5 Å². The largest absolute Gasteiger partial charge is 0.332 e. The first-order valence-corrected chi connectivity index (χ1v) is 11.3. The number of nitrogens with one attached hydrogen (secondary N) is 1. The molecule has 0 aliphatic carbocycles. The van der Waals surface area contributed by atoms with Crippen molar-refractivity contribution in [3.05, 3.63) is 93.2 Å². The minimum absolute atomic E-state index is 0.0777. The van der Waals surface area contributed by atoms with Crippen molar-refractivity contribution in [3.8, 4) is 0 Å². The van der Waals surface area contributed by atoms with E-state index in [1.165, 1.54) is 12.1 Å². The van der Waals surface area contributed by atoms with Crippen molar-refractivity contribution < 1.29 is 9.18 Å². The number of nitrogens with zero attached hydrogens (tertiary/aromatic N) is 4. The van der Waals surface area contributed by atoms with Crippen molar-refractivity contribution in [2.75, 3.05) is 13.1 Å². The number of carbonyl (C=O) groups is 1. The van der Waals surface area contributed by atoms with E-state index in [4.69, 9.17) is 4.98 Å². The van der Waals surface area contributed by atoms with Crippen LogP contribution in [0.3, 0.4) is 0 Å². The van der Waals surface area contributed by atoms with Crippen LogP contribution in [0.1, 0.15) is 47.1 Å². The lowest BCUT2D eigenvalue weighted by Gasteiger charge is -2.29. The van der Waals surface area contributed by atoms with Gasteiger partial charge in [0.25, 0.3) is 5.56 Å². The van der Waals surface area contributed by atoms with Crippen molar-refractivity contribution in [1.82, 2.24) is 24.8 Å².